The Balaban J connectivity index is 2.10. The van der Waals surface area contributed by atoms with Crippen molar-refractivity contribution in [1.82, 2.24) is 4.90 Å². The quantitative estimate of drug-likeness (QED) is 0.907. The third-order valence-corrected chi connectivity index (χ3v) is 4.39. The molecule has 1 aliphatic heterocycles. The number of hydrogen-bond acceptors (Lipinski definition) is 3. The van der Waals surface area contributed by atoms with Crippen molar-refractivity contribution in [2.75, 3.05) is 25.0 Å². The summed E-state index contributed by atoms with van der Waals surface area (Å²) in [5.41, 5.74) is 2.28. The molecule has 0 aliphatic carbocycles. The van der Waals surface area contributed by atoms with E-state index >= 15 is 0 Å². The molecule has 1 saturated heterocycles. The molecule has 0 radical (unpaired) electrons. The van der Waals surface area contributed by atoms with Gasteiger partial charge in [-0.05, 0) is 45.0 Å². The van der Waals surface area contributed by atoms with Crippen molar-refractivity contribution in [2.24, 2.45) is 0 Å². The molecule has 3 heteroatoms. The highest BCUT2D eigenvalue weighted by atomic mass is 16.3. The highest BCUT2D eigenvalue weighted by Crippen LogP contribution is 2.24. The van der Waals surface area contributed by atoms with E-state index in [1.54, 1.807) is 0 Å². The van der Waals surface area contributed by atoms with Crippen LogP contribution in [0.4, 0.5) is 5.69 Å². The fourth-order valence-corrected chi connectivity index (χ4v) is 2.76. The maximum Gasteiger partial charge on any atom is 0.0787 e. The lowest BCUT2D eigenvalue weighted by atomic mass is 10.0. The van der Waals surface area contributed by atoms with Gasteiger partial charge in [-0.3, -0.25) is 4.90 Å². The van der Waals surface area contributed by atoms with Crippen LogP contribution in [0.1, 0.15) is 38.9 Å². The van der Waals surface area contributed by atoms with Crippen LogP contribution in [-0.4, -0.2) is 42.2 Å². The van der Waals surface area contributed by atoms with Crippen molar-refractivity contribution < 1.29 is 5.11 Å². The maximum absolute atomic E-state index is 9.83. The van der Waals surface area contributed by atoms with Crippen LogP contribution in [0.3, 0.4) is 0 Å². The molecule has 0 bridgehead atoms. The minimum absolute atomic E-state index is 0.334. The molecule has 1 aromatic carbocycles. The summed E-state index contributed by atoms with van der Waals surface area (Å²) in [7, 11) is 2.20. The minimum atomic E-state index is -0.334. The van der Waals surface area contributed by atoms with E-state index in [0.29, 0.717) is 12.1 Å². The molecule has 3 atom stereocenters. The van der Waals surface area contributed by atoms with Gasteiger partial charge in [0.25, 0.3) is 0 Å². The second-order valence-corrected chi connectivity index (χ2v) is 5.78. The molecule has 1 N–H and O–H groups in total. The Bertz CT molecular complexity index is 392. The zero-order valence-electron chi connectivity index (χ0n) is 12.5. The van der Waals surface area contributed by atoms with Crippen molar-refractivity contribution in [1.29, 1.82) is 0 Å². The Hall–Kier alpha value is -1.06. The highest BCUT2D eigenvalue weighted by Gasteiger charge is 2.26. The normalized spacial score (nSPS) is 26.5. The average molecular weight is 262 g/mol. The molecular weight excluding hydrogens is 236 g/mol. The van der Waals surface area contributed by atoms with Crippen LogP contribution in [0.5, 0.6) is 0 Å². The van der Waals surface area contributed by atoms with Gasteiger partial charge in [0.05, 0.1) is 6.10 Å². The number of aliphatic hydroxyl groups is 1. The summed E-state index contributed by atoms with van der Waals surface area (Å²) >= 11 is 0. The number of rotatable bonds is 3. The van der Waals surface area contributed by atoms with Crippen LogP contribution in [0, 0.1) is 0 Å². The lowest BCUT2D eigenvalue weighted by molar-refractivity contribution is 0.169. The van der Waals surface area contributed by atoms with Gasteiger partial charge >= 0.3 is 0 Å². The highest BCUT2D eigenvalue weighted by molar-refractivity contribution is 5.48. The van der Waals surface area contributed by atoms with Crippen molar-refractivity contribution in [3.8, 4) is 0 Å². The summed E-state index contributed by atoms with van der Waals surface area (Å²) in [6, 6.07) is 9.53. The first-order valence-corrected chi connectivity index (χ1v) is 7.27. The van der Waals surface area contributed by atoms with Gasteiger partial charge in [0.15, 0.2) is 0 Å². The maximum atomic E-state index is 9.83. The molecule has 0 spiro atoms. The fourth-order valence-electron chi connectivity index (χ4n) is 2.76. The first-order chi connectivity index (χ1) is 9.02. The lowest BCUT2D eigenvalue weighted by Crippen LogP contribution is -2.55. The molecule has 0 aromatic heterocycles. The van der Waals surface area contributed by atoms with E-state index in [1.165, 1.54) is 5.69 Å². The van der Waals surface area contributed by atoms with E-state index in [4.69, 9.17) is 0 Å². The summed E-state index contributed by atoms with van der Waals surface area (Å²) < 4.78 is 0. The monoisotopic (exact) mass is 262 g/mol. The number of aliphatic hydroxyl groups excluding tert-OH is 1. The summed E-state index contributed by atoms with van der Waals surface area (Å²) in [4.78, 5) is 4.88. The van der Waals surface area contributed by atoms with Crippen LogP contribution in [0.2, 0.25) is 0 Å². The van der Waals surface area contributed by atoms with Gasteiger partial charge < -0.3 is 10.0 Å². The van der Waals surface area contributed by atoms with Crippen LogP contribution < -0.4 is 4.90 Å². The van der Waals surface area contributed by atoms with Gasteiger partial charge in [-0.25, -0.2) is 0 Å². The number of benzene rings is 1. The zero-order chi connectivity index (χ0) is 14.0. The van der Waals surface area contributed by atoms with E-state index in [1.807, 2.05) is 6.92 Å². The van der Waals surface area contributed by atoms with Crippen molar-refractivity contribution in [2.45, 2.75) is 45.4 Å². The van der Waals surface area contributed by atoms with Gasteiger partial charge in [0.2, 0.25) is 0 Å². The summed E-state index contributed by atoms with van der Waals surface area (Å²) in [5, 5.41) is 9.83. The van der Waals surface area contributed by atoms with E-state index in [-0.39, 0.29) is 6.10 Å². The molecular formula is C16H26N2O. The second-order valence-electron chi connectivity index (χ2n) is 5.78. The summed E-state index contributed by atoms with van der Waals surface area (Å²) in [5.74, 6) is 0. The predicted molar refractivity (Wildman–Crippen MR) is 80.6 cm³/mol. The van der Waals surface area contributed by atoms with Gasteiger partial charge in [-0.2, -0.15) is 0 Å². The van der Waals surface area contributed by atoms with Crippen LogP contribution >= 0.6 is 0 Å². The Morgan fingerprint density at radius 1 is 1.16 bits per heavy atom. The number of piperazine rings is 1. The van der Waals surface area contributed by atoms with Crippen molar-refractivity contribution >= 4 is 5.69 Å². The largest absolute Gasteiger partial charge is 0.388 e. The Morgan fingerprint density at radius 2 is 1.68 bits per heavy atom. The van der Waals surface area contributed by atoms with Crippen LogP contribution in [-0.2, 0) is 0 Å². The van der Waals surface area contributed by atoms with Crippen molar-refractivity contribution in [3.05, 3.63) is 29.8 Å². The first-order valence-electron chi connectivity index (χ1n) is 7.27. The predicted octanol–water partition coefficient (Wildman–Crippen LogP) is 2.66. The van der Waals surface area contributed by atoms with E-state index in [0.717, 1.165) is 25.1 Å². The smallest absolute Gasteiger partial charge is 0.0787 e. The second kappa shape index (κ2) is 5.93. The number of anilines is 1. The summed E-state index contributed by atoms with van der Waals surface area (Å²) in [6.45, 7) is 8.69. The number of nitrogens with zero attached hydrogens (tertiary/aromatic N) is 2. The standard InChI is InChI=1S/C16H26N2O/c1-5-16(19)14-6-8-15(9-7-14)18-10-12(2)17(4)13(3)11-18/h6-9,12-13,16,19H,5,10-11H2,1-4H3. The molecule has 106 valence electrons. The van der Waals surface area contributed by atoms with E-state index < -0.39 is 0 Å². The van der Waals surface area contributed by atoms with Gasteiger partial charge in [-0.15, -0.1) is 0 Å². The molecule has 3 unspecified atom stereocenters. The Morgan fingerprint density at radius 3 is 2.16 bits per heavy atom. The van der Waals surface area contributed by atoms with Crippen LogP contribution in [0.25, 0.3) is 0 Å². The fraction of sp³-hybridized carbons (Fsp3) is 0.625. The molecule has 1 aromatic rings. The molecule has 2 rings (SSSR count). The SMILES string of the molecule is CCC(O)c1ccc(N2CC(C)N(C)C(C)C2)cc1. The topological polar surface area (TPSA) is 26.7 Å². The number of hydrogen-bond donors (Lipinski definition) is 1. The minimum Gasteiger partial charge on any atom is -0.388 e. The van der Waals surface area contributed by atoms with Gasteiger partial charge in [-0.1, -0.05) is 19.1 Å². The third kappa shape index (κ3) is 3.10. The lowest BCUT2D eigenvalue weighted by Gasteiger charge is -2.43. The van der Waals surface area contributed by atoms with Crippen molar-refractivity contribution in [3.63, 3.8) is 0 Å². The van der Waals surface area contributed by atoms with Crippen LogP contribution in [0.15, 0.2) is 24.3 Å². The molecule has 3 nitrogen and oxygen atoms in total. The van der Waals surface area contributed by atoms with Gasteiger partial charge in [0.1, 0.15) is 0 Å². The molecule has 1 heterocycles. The van der Waals surface area contributed by atoms with E-state index in [2.05, 4.69) is 55.0 Å². The van der Waals surface area contributed by atoms with Gasteiger partial charge in [0, 0.05) is 30.9 Å². The molecule has 19 heavy (non-hydrogen) atoms. The molecule has 0 amide bonds. The Kier molecular flexibility index (Phi) is 4.48. The molecule has 1 fully saturated rings. The number of likely N-dealkylation sites (N-methyl/N-ethyl adjacent to an activating group) is 1. The zero-order valence-corrected chi connectivity index (χ0v) is 12.5. The van der Waals surface area contributed by atoms with E-state index in [9.17, 15) is 5.11 Å². The molecule has 1 aliphatic rings. The summed E-state index contributed by atoms with van der Waals surface area (Å²) in [6.07, 6.45) is 0.432. The first kappa shape index (κ1) is 14.4. The third-order valence-electron chi connectivity index (χ3n) is 4.39. The molecule has 0 saturated carbocycles. The Labute approximate surface area is 116 Å². The average Bonchev–Trinajstić information content (AvgIpc) is 2.43.